The van der Waals surface area contributed by atoms with Gasteiger partial charge in [-0.1, -0.05) is 13.3 Å². The van der Waals surface area contributed by atoms with E-state index in [9.17, 15) is 9.90 Å². The van der Waals surface area contributed by atoms with Crippen molar-refractivity contribution in [3.05, 3.63) is 0 Å². The molecule has 21 heavy (non-hydrogen) atoms. The van der Waals surface area contributed by atoms with E-state index in [1.807, 2.05) is 20.8 Å². The molecule has 1 fully saturated rings. The van der Waals surface area contributed by atoms with Gasteiger partial charge in [0.05, 0.1) is 24.6 Å². The van der Waals surface area contributed by atoms with Crippen molar-refractivity contribution in [3.8, 4) is 6.07 Å². The minimum atomic E-state index is -0.355. The van der Waals surface area contributed by atoms with E-state index >= 15 is 0 Å². The Morgan fingerprint density at radius 3 is 2.76 bits per heavy atom. The molecule has 0 radical (unpaired) electrons. The molecule has 0 bridgehead atoms. The summed E-state index contributed by atoms with van der Waals surface area (Å²) < 4.78 is 0. The van der Waals surface area contributed by atoms with Gasteiger partial charge in [-0.3, -0.25) is 9.69 Å². The third-order valence-electron chi connectivity index (χ3n) is 4.31. The highest BCUT2D eigenvalue weighted by atomic mass is 16.3. The monoisotopic (exact) mass is 295 g/mol. The Hall–Kier alpha value is -1.12. The van der Waals surface area contributed by atoms with E-state index in [2.05, 4.69) is 11.0 Å². The van der Waals surface area contributed by atoms with Gasteiger partial charge in [0.15, 0.2) is 0 Å². The number of hydrogen-bond acceptors (Lipinski definition) is 4. The van der Waals surface area contributed by atoms with Gasteiger partial charge in [0.25, 0.3) is 0 Å². The molecule has 5 nitrogen and oxygen atoms in total. The lowest BCUT2D eigenvalue weighted by Gasteiger charge is -2.38. The van der Waals surface area contributed by atoms with Crippen molar-refractivity contribution < 1.29 is 9.90 Å². The predicted molar refractivity (Wildman–Crippen MR) is 82.5 cm³/mol. The van der Waals surface area contributed by atoms with Crippen LogP contribution in [0, 0.1) is 17.2 Å². The molecule has 120 valence electrons. The highest BCUT2D eigenvalue weighted by molar-refractivity contribution is 5.78. The summed E-state index contributed by atoms with van der Waals surface area (Å²) in [5.74, 6) is -0.0814. The van der Waals surface area contributed by atoms with Gasteiger partial charge in [-0.2, -0.15) is 5.26 Å². The molecule has 0 aromatic rings. The molecule has 1 aliphatic rings. The number of carbonyl (C=O) groups is 1. The summed E-state index contributed by atoms with van der Waals surface area (Å²) >= 11 is 0. The Morgan fingerprint density at radius 2 is 2.19 bits per heavy atom. The van der Waals surface area contributed by atoms with E-state index in [4.69, 9.17) is 5.26 Å². The SMILES string of the molecule is CCC(O)C1CCCCN1CC(=O)N(CC)CC(C)C#N. The fourth-order valence-electron chi connectivity index (χ4n) is 2.97. The maximum absolute atomic E-state index is 12.4. The molecule has 0 spiro atoms. The number of hydrogen-bond donors (Lipinski definition) is 1. The van der Waals surface area contributed by atoms with E-state index in [1.54, 1.807) is 4.90 Å². The molecule has 1 saturated heterocycles. The number of aliphatic hydroxyl groups excluding tert-OH is 1. The highest BCUT2D eigenvalue weighted by Crippen LogP contribution is 2.21. The van der Waals surface area contributed by atoms with Gasteiger partial charge in [0.2, 0.25) is 5.91 Å². The van der Waals surface area contributed by atoms with E-state index in [0.717, 1.165) is 32.2 Å². The van der Waals surface area contributed by atoms with Gasteiger partial charge in [-0.05, 0) is 39.7 Å². The standard InChI is InChI=1S/C16H29N3O2/c1-4-15(20)14-8-6-7-9-19(14)12-16(21)18(5-2)11-13(3)10-17/h13-15,20H,4-9,11-12H2,1-3H3. The number of nitrogens with zero attached hydrogens (tertiary/aromatic N) is 3. The molecular formula is C16H29N3O2. The van der Waals surface area contributed by atoms with Crippen LogP contribution in [0.4, 0.5) is 0 Å². The zero-order chi connectivity index (χ0) is 15.8. The molecule has 1 heterocycles. The third kappa shape index (κ3) is 5.29. The summed E-state index contributed by atoms with van der Waals surface area (Å²) in [4.78, 5) is 16.3. The number of nitriles is 1. The van der Waals surface area contributed by atoms with Crippen molar-refractivity contribution in [3.63, 3.8) is 0 Å². The smallest absolute Gasteiger partial charge is 0.236 e. The van der Waals surface area contributed by atoms with Crippen LogP contribution >= 0.6 is 0 Å². The van der Waals surface area contributed by atoms with Gasteiger partial charge < -0.3 is 10.0 Å². The van der Waals surface area contributed by atoms with E-state index < -0.39 is 0 Å². The first-order valence-electron chi connectivity index (χ1n) is 8.12. The quantitative estimate of drug-likeness (QED) is 0.775. The fourth-order valence-corrected chi connectivity index (χ4v) is 2.97. The summed E-state index contributed by atoms with van der Waals surface area (Å²) in [6, 6.07) is 2.27. The second-order valence-corrected chi connectivity index (χ2v) is 5.97. The number of carbonyl (C=O) groups excluding carboxylic acids is 1. The van der Waals surface area contributed by atoms with Crippen LogP contribution in [0.1, 0.15) is 46.5 Å². The minimum absolute atomic E-state index is 0.0646. The molecule has 5 heteroatoms. The fraction of sp³-hybridized carbons (Fsp3) is 0.875. The summed E-state index contributed by atoms with van der Waals surface area (Å²) in [5, 5.41) is 19.0. The molecule has 1 amide bonds. The van der Waals surface area contributed by atoms with Crippen molar-refractivity contribution in [2.75, 3.05) is 26.2 Å². The van der Waals surface area contributed by atoms with Crippen molar-refractivity contribution in [1.29, 1.82) is 5.26 Å². The molecule has 1 aliphatic heterocycles. The lowest BCUT2D eigenvalue weighted by molar-refractivity contribution is -0.134. The topological polar surface area (TPSA) is 67.6 Å². The second kappa shape index (κ2) is 9.01. The number of amides is 1. The normalized spacial score (nSPS) is 22.3. The van der Waals surface area contributed by atoms with E-state index in [0.29, 0.717) is 19.6 Å². The Morgan fingerprint density at radius 1 is 1.48 bits per heavy atom. The van der Waals surface area contributed by atoms with Crippen LogP contribution in [0.5, 0.6) is 0 Å². The Bertz CT molecular complexity index is 367. The Labute approximate surface area is 128 Å². The van der Waals surface area contributed by atoms with Crippen molar-refractivity contribution in [1.82, 2.24) is 9.80 Å². The van der Waals surface area contributed by atoms with Crippen molar-refractivity contribution in [2.45, 2.75) is 58.6 Å². The van der Waals surface area contributed by atoms with Gasteiger partial charge in [0, 0.05) is 19.1 Å². The third-order valence-corrected chi connectivity index (χ3v) is 4.31. The van der Waals surface area contributed by atoms with Gasteiger partial charge in [-0.15, -0.1) is 0 Å². The number of rotatable bonds is 7. The van der Waals surface area contributed by atoms with E-state index in [-0.39, 0.29) is 24.0 Å². The van der Waals surface area contributed by atoms with Crippen LogP contribution in [-0.2, 0) is 4.79 Å². The van der Waals surface area contributed by atoms with Gasteiger partial charge >= 0.3 is 0 Å². The molecular weight excluding hydrogens is 266 g/mol. The second-order valence-electron chi connectivity index (χ2n) is 5.97. The summed E-state index contributed by atoms with van der Waals surface area (Å²) in [7, 11) is 0. The number of likely N-dealkylation sites (N-methyl/N-ethyl adjacent to an activating group) is 1. The molecule has 0 saturated carbocycles. The molecule has 3 atom stereocenters. The summed E-state index contributed by atoms with van der Waals surface area (Å²) in [5.41, 5.74) is 0. The summed E-state index contributed by atoms with van der Waals surface area (Å²) in [6.07, 6.45) is 3.53. The van der Waals surface area contributed by atoms with Crippen LogP contribution in [-0.4, -0.2) is 59.1 Å². The average Bonchev–Trinajstić information content (AvgIpc) is 2.51. The maximum Gasteiger partial charge on any atom is 0.236 e. The van der Waals surface area contributed by atoms with Crippen molar-refractivity contribution in [2.24, 2.45) is 5.92 Å². The molecule has 0 aliphatic carbocycles. The molecule has 0 aromatic heterocycles. The van der Waals surface area contributed by atoms with E-state index in [1.165, 1.54) is 0 Å². The van der Waals surface area contributed by atoms with Gasteiger partial charge in [0.1, 0.15) is 0 Å². The first-order valence-corrected chi connectivity index (χ1v) is 8.12. The van der Waals surface area contributed by atoms with Crippen LogP contribution in [0.15, 0.2) is 0 Å². The zero-order valence-electron chi connectivity index (χ0n) is 13.6. The molecule has 1 N–H and O–H groups in total. The first-order chi connectivity index (χ1) is 10.0. The lowest BCUT2D eigenvalue weighted by atomic mass is 9.96. The van der Waals surface area contributed by atoms with Gasteiger partial charge in [-0.25, -0.2) is 0 Å². The Balaban J connectivity index is 2.63. The molecule has 0 aromatic carbocycles. The zero-order valence-corrected chi connectivity index (χ0v) is 13.6. The van der Waals surface area contributed by atoms with Crippen molar-refractivity contribution >= 4 is 5.91 Å². The first kappa shape index (κ1) is 17.9. The average molecular weight is 295 g/mol. The van der Waals surface area contributed by atoms with Crippen LogP contribution in [0.25, 0.3) is 0 Å². The predicted octanol–water partition coefficient (Wildman–Crippen LogP) is 1.62. The van der Waals surface area contributed by atoms with Crippen LogP contribution < -0.4 is 0 Å². The van der Waals surface area contributed by atoms with Crippen LogP contribution in [0.3, 0.4) is 0 Å². The highest BCUT2D eigenvalue weighted by Gasteiger charge is 2.30. The number of piperidine rings is 1. The minimum Gasteiger partial charge on any atom is -0.392 e. The number of likely N-dealkylation sites (tertiary alicyclic amines) is 1. The largest absolute Gasteiger partial charge is 0.392 e. The van der Waals surface area contributed by atoms with Crippen LogP contribution in [0.2, 0.25) is 0 Å². The molecule has 3 unspecified atom stereocenters. The Kier molecular flexibility index (Phi) is 7.69. The number of aliphatic hydroxyl groups is 1. The molecule has 1 rings (SSSR count). The maximum atomic E-state index is 12.4. The summed E-state index contributed by atoms with van der Waals surface area (Å²) in [6.45, 7) is 8.09. The lowest BCUT2D eigenvalue weighted by Crippen LogP contribution is -2.51.